The molecule has 2 aromatic rings. The van der Waals surface area contributed by atoms with E-state index in [0.717, 1.165) is 72.9 Å². The van der Waals surface area contributed by atoms with Crippen molar-refractivity contribution >= 4 is 22.9 Å². The molecule has 1 aliphatic carbocycles. The SMILES string of the molecule is CCCCCC(O)c1ccc(C2=C(CN=O)CC[C@@H]2CCc2ccc(CC(=O)O)s2)cc1. The van der Waals surface area contributed by atoms with Crippen molar-refractivity contribution in [3.63, 3.8) is 0 Å². The van der Waals surface area contributed by atoms with Crippen molar-refractivity contribution in [3.8, 4) is 0 Å². The highest BCUT2D eigenvalue weighted by Gasteiger charge is 2.27. The molecule has 2 atom stereocenters. The van der Waals surface area contributed by atoms with E-state index in [2.05, 4.69) is 24.2 Å². The fraction of sp³-hybridized carbons (Fsp3) is 0.500. The maximum atomic E-state index is 11.0. The van der Waals surface area contributed by atoms with Crippen molar-refractivity contribution < 1.29 is 15.0 Å². The van der Waals surface area contributed by atoms with Crippen LogP contribution in [0.15, 0.2) is 47.1 Å². The third-order valence-corrected chi connectivity index (χ3v) is 7.45. The van der Waals surface area contributed by atoms with Crippen molar-refractivity contribution in [3.05, 3.63) is 67.8 Å². The Hall–Kier alpha value is -2.31. The molecule has 0 fully saturated rings. The van der Waals surface area contributed by atoms with Crippen LogP contribution in [0.3, 0.4) is 0 Å². The molecule has 5 nitrogen and oxygen atoms in total. The van der Waals surface area contributed by atoms with Crippen LogP contribution in [0, 0.1) is 10.8 Å². The lowest BCUT2D eigenvalue weighted by Crippen LogP contribution is -2.03. The molecule has 0 radical (unpaired) electrons. The summed E-state index contributed by atoms with van der Waals surface area (Å²) in [7, 11) is 0. The Kier molecular flexibility index (Phi) is 9.18. The van der Waals surface area contributed by atoms with Gasteiger partial charge in [0.25, 0.3) is 0 Å². The number of nitroso groups, excluding NO2 is 1. The zero-order valence-electron chi connectivity index (χ0n) is 18.8. The molecule has 1 unspecified atom stereocenters. The Labute approximate surface area is 194 Å². The van der Waals surface area contributed by atoms with Crippen molar-refractivity contribution in [1.29, 1.82) is 0 Å². The minimum Gasteiger partial charge on any atom is -0.481 e. The molecule has 0 amide bonds. The van der Waals surface area contributed by atoms with Crippen LogP contribution in [0.2, 0.25) is 0 Å². The van der Waals surface area contributed by atoms with Gasteiger partial charge in [-0.3, -0.25) is 4.79 Å². The average Bonchev–Trinajstić information content (AvgIpc) is 3.39. The second kappa shape index (κ2) is 12.1. The smallest absolute Gasteiger partial charge is 0.308 e. The van der Waals surface area contributed by atoms with Crippen molar-refractivity contribution in [2.24, 2.45) is 11.1 Å². The van der Waals surface area contributed by atoms with Crippen LogP contribution in [0.5, 0.6) is 0 Å². The lowest BCUT2D eigenvalue weighted by Gasteiger charge is -2.17. The molecule has 1 aromatic carbocycles. The lowest BCUT2D eigenvalue weighted by atomic mass is 9.89. The van der Waals surface area contributed by atoms with Gasteiger partial charge in [-0.05, 0) is 72.4 Å². The first kappa shape index (κ1) is 24.3. The van der Waals surface area contributed by atoms with Gasteiger partial charge in [-0.15, -0.1) is 11.3 Å². The van der Waals surface area contributed by atoms with Gasteiger partial charge in [-0.1, -0.05) is 55.6 Å². The first-order valence-corrected chi connectivity index (χ1v) is 12.4. The van der Waals surface area contributed by atoms with Gasteiger partial charge in [0.2, 0.25) is 0 Å². The van der Waals surface area contributed by atoms with Gasteiger partial charge in [0.15, 0.2) is 0 Å². The van der Waals surface area contributed by atoms with E-state index in [0.29, 0.717) is 5.92 Å². The second-order valence-electron chi connectivity index (χ2n) is 8.65. The minimum absolute atomic E-state index is 0.0744. The molecule has 0 saturated carbocycles. The largest absolute Gasteiger partial charge is 0.481 e. The number of thiophene rings is 1. The second-order valence-corrected chi connectivity index (χ2v) is 9.90. The fourth-order valence-corrected chi connectivity index (χ4v) is 5.67. The Balaban J connectivity index is 1.69. The maximum Gasteiger partial charge on any atom is 0.308 e. The number of allylic oxidation sites excluding steroid dienone is 1. The number of carboxylic acids is 1. The number of carboxylic acid groups (broad SMARTS) is 1. The molecule has 1 aromatic heterocycles. The number of rotatable bonds is 13. The van der Waals surface area contributed by atoms with Crippen LogP contribution in [-0.4, -0.2) is 22.7 Å². The van der Waals surface area contributed by atoms with E-state index in [1.807, 2.05) is 24.3 Å². The predicted molar refractivity (Wildman–Crippen MR) is 130 cm³/mol. The molecule has 172 valence electrons. The fourth-order valence-electron chi connectivity index (χ4n) is 4.64. The predicted octanol–water partition coefficient (Wildman–Crippen LogP) is 6.55. The average molecular weight is 456 g/mol. The van der Waals surface area contributed by atoms with Gasteiger partial charge in [0, 0.05) is 9.75 Å². The summed E-state index contributed by atoms with van der Waals surface area (Å²) < 4.78 is 0. The Morgan fingerprint density at radius 1 is 1.16 bits per heavy atom. The first-order chi connectivity index (χ1) is 15.5. The third kappa shape index (κ3) is 6.59. The Morgan fingerprint density at radius 2 is 1.91 bits per heavy atom. The maximum absolute atomic E-state index is 11.0. The number of aliphatic carboxylic acids is 1. The summed E-state index contributed by atoms with van der Waals surface area (Å²) in [4.78, 5) is 24.0. The number of unbranched alkanes of at least 4 members (excludes halogenated alkanes) is 2. The highest BCUT2D eigenvalue weighted by Crippen LogP contribution is 2.42. The summed E-state index contributed by atoms with van der Waals surface area (Å²) >= 11 is 1.57. The number of hydrogen-bond donors (Lipinski definition) is 2. The van der Waals surface area contributed by atoms with Crippen LogP contribution < -0.4 is 0 Å². The van der Waals surface area contributed by atoms with Crippen LogP contribution in [-0.2, 0) is 17.6 Å². The molecular formula is C26H33NO4S. The molecule has 0 saturated heterocycles. The molecule has 3 rings (SSSR count). The lowest BCUT2D eigenvalue weighted by molar-refractivity contribution is -0.136. The number of hydrogen-bond acceptors (Lipinski definition) is 5. The van der Waals surface area contributed by atoms with E-state index < -0.39 is 12.1 Å². The number of aliphatic hydroxyl groups excluding tert-OH is 1. The van der Waals surface area contributed by atoms with Crippen LogP contribution >= 0.6 is 11.3 Å². The van der Waals surface area contributed by atoms with E-state index in [-0.39, 0.29) is 13.0 Å². The van der Waals surface area contributed by atoms with Crippen molar-refractivity contribution in [2.75, 3.05) is 6.54 Å². The monoisotopic (exact) mass is 455 g/mol. The molecule has 0 spiro atoms. The van der Waals surface area contributed by atoms with Crippen LogP contribution in [0.25, 0.3) is 5.57 Å². The topological polar surface area (TPSA) is 87.0 Å². The number of aryl methyl sites for hydroxylation is 1. The summed E-state index contributed by atoms with van der Waals surface area (Å²) in [5.74, 6) is -0.443. The molecule has 1 heterocycles. The molecule has 1 aliphatic rings. The van der Waals surface area contributed by atoms with E-state index in [9.17, 15) is 14.8 Å². The third-order valence-electron chi connectivity index (χ3n) is 6.31. The minimum atomic E-state index is -0.802. The zero-order chi connectivity index (χ0) is 22.9. The summed E-state index contributed by atoms with van der Waals surface area (Å²) in [5.41, 5.74) is 4.42. The standard InChI is InChI=1S/C26H33NO4S/c1-2-3-4-5-24(28)18-6-8-19(9-7-18)26-20(10-11-21(26)17-27-31)12-13-22-14-15-23(32-22)16-25(29)30/h6-9,14-15,20,24,28H,2-5,10-13,16-17H2,1H3,(H,29,30)/t20-,24?/m1/s1. The van der Waals surface area contributed by atoms with Gasteiger partial charge in [-0.25, -0.2) is 0 Å². The summed E-state index contributed by atoms with van der Waals surface area (Å²) in [5, 5.41) is 22.6. The summed E-state index contributed by atoms with van der Waals surface area (Å²) in [6.07, 6.45) is 7.48. The van der Waals surface area contributed by atoms with Crippen LogP contribution in [0.4, 0.5) is 0 Å². The van der Waals surface area contributed by atoms with E-state index >= 15 is 0 Å². The Bertz CT molecular complexity index is 932. The molecule has 6 heteroatoms. The van der Waals surface area contributed by atoms with Crippen molar-refractivity contribution in [1.82, 2.24) is 0 Å². The highest BCUT2D eigenvalue weighted by molar-refractivity contribution is 7.12. The molecule has 0 bridgehead atoms. The van der Waals surface area contributed by atoms with Gasteiger partial charge >= 0.3 is 5.97 Å². The quantitative estimate of drug-likeness (QED) is 0.265. The van der Waals surface area contributed by atoms with E-state index in [4.69, 9.17) is 5.11 Å². The normalized spacial score (nSPS) is 17.0. The first-order valence-electron chi connectivity index (χ1n) is 11.6. The van der Waals surface area contributed by atoms with Gasteiger partial charge in [0.05, 0.1) is 12.5 Å². The zero-order valence-corrected chi connectivity index (χ0v) is 19.6. The molecule has 0 aliphatic heterocycles. The molecule has 32 heavy (non-hydrogen) atoms. The van der Waals surface area contributed by atoms with Gasteiger partial charge in [-0.2, -0.15) is 4.91 Å². The van der Waals surface area contributed by atoms with Crippen molar-refractivity contribution in [2.45, 2.75) is 70.8 Å². The number of nitrogens with zero attached hydrogens (tertiary/aromatic N) is 1. The van der Waals surface area contributed by atoms with E-state index in [1.165, 1.54) is 10.5 Å². The molecular weight excluding hydrogens is 422 g/mol. The van der Waals surface area contributed by atoms with Gasteiger partial charge in [0.1, 0.15) is 6.54 Å². The Morgan fingerprint density at radius 3 is 2.59 bits per heavy atom. The van der Waals surface area contributed by atoms with Crippen LogP contribution in [0.1, 0.15) is 78.9 Å². The number of aliphatic hydroxyl groups is 1. The summed E-state index contributed by atoms with van der Waals surface area (Å²) in [6.45, 7) is 2.39. The van der Waals surface area contributed by atoms with Gasteiger partial charge < -0.3 is 10.2 Å². The van der Waals surface area contributed by atoms with E-state index in [1.54, 1.807) is 11.3 Å². The highest BCUT2D eigenvalue weighted by atomic mass is 32.1. The number of benzene rings is 1. The number of carbonyl (C=O) groups is 1. The summed E-state index contributed by atoms with van der Waals surface area (Å²) in [6, 6.07) is 12.1. The molecule has 2 N–H and O–H groups in total.